The van der Waals surface area contributed by atoms with E-state index in [-0.39, 0.29) is 15.5 Å². The molecule has 118 valence electrons. The highest BCUT2D eigenvalue weighted by Crippen LogP contribution is 2.28. The minimum Gasteiger partial charge on any atom is -0.339 e. The normalized spacial score (nSPS) is 13.0. The summed E-state index contributed by atoms with van der Waals surface area (Å²) in [4.78, 5) is 14.0. The fourth-order valence-corrected chi connectivity index (χ4v) is 3.31. The fraction of sp³-hybridized carbons (Fsp3) is 0.500. The third kappa shape index (κ3) is 4.59. The van der Waals surface area contributed by atoms with E-state index >= 15 is 0 Å². The van der Waals surface area contributed by atoms with Gasteiger partial charge in [0.05, 0.1) is 15.5 Å². The second kappa shape index (κ2) is 7.47. The van der Waals surface area contributed by atoms with Gasteiger partial charge in [0, 0.05) is 23.8 Å². The van der Waals surface area contributed by atoms with Crippen LogP contribution in [0.4, 0.5) is 0 Å². The molecule has 0 saturated carbocycles. The zero-order chi connectivity index (χ0) is 16.2. The lowest BCUT2D eigenvalue weighted by Crippen LogP contribution is -2.35. The van der Waals surface area contributed by atoms with Crippen LogP contribution in [-0.4, -0.2) is 32.3 Å². The first-order valence-electron chi connectivity index (χ1n) is 6.74. The molecule has 0 aliphatic rings. The molecule has 0 heterocycles. The van der Waals surface area contributed by atoms with Gasteiger partial charge in [-0.2, -0.15) is 0 Å². The largest absolute Gasteiger partial charge is 0.339 e. The van der Waals surface area contributed by atoms with Crippen molar-refractivity contribution in [3.63, 3.8) is 0 Å². The Morgan fingerprint density at radius 3 is 2.43 bits per heavy atom. The summed E-state index contributed by atoms with van der Waals surface area (Å²) in [5.41, 5.74) is -0.0562. The van der Waals surface area contributed by atoms with Gasteiger partial charge in [0.2, 0.25) is 0 Å². The SMILES string of the molecule is CCC(C)CN(CC)C(=O)c1c(Cl)cccc1S(=O)(=O)Cl. The summed E-state index contributed by atoms with van der Waals surface area (Å²) in [6.45, 7) is 6.91. The van der Waals surface area contributed by atoms with Crippen molar-refractivity contribution in [2.45, 2.75) is 32.1 Å². The zero-order valence-corrected chi connectivity index (χ0v) is 14.6. The van der Waals surface area contributed by atoms with Gasteiger partial charge in [0.1, 0.15) is 0 Å². The van der Waals surface area contributed by atoms with Crippen LogP contribution in [0.25, 0.3) is 0 Å². The van der Waals surface area contributed by atoms with Crippen LogP contribution in [0.1, 0.15) is 37.6 Å². The number of carbonyl (C=O) groups excluding carboxylic acids is 1. The third-order valence-electron chi connectivity index (χ3n) is 3.35. The van der Waals surface area contributed by atoms with E-state index in [4.69, 9.17) is 22.3 Å². The van der Waals surface area contributed by atoms with Gasteiger partial charge in [0.15, 0.2) is 0 Å². The van der Waals surface area contributed by atoms with Crippen molar-refractivity contribution >= 4 is 37.2 Å². The zero-order valence-electron chi connectivity index (χ0n) is 12.3. The Balaban J connectivity index is 3.29. The van der Waals surface area contributed by atoms with Crippen LogP contribution < -0.4 is 0 Å². The molecule has 7 heteroatoms. The number of carbonyl (C=O) groups is 1. The lowest BCUT2D eigenvalue weighted by molar-refractivity contribution is 0.0737. The van der Waals surface area contributed by atoms with Crippen molar-refractivity contribution in [1.82, 2.24) is 4.90 Å². The Hall–Kier alpha value is -0.780. The van der Waals surface area contributed by atoms with Gasteiger partial charge in [0.25, 0.3) is 15.0 Å². The topological polar surface area (TPSA) is 54.5 Å². The van der Waals surface area contributed by atoms with Crippen molar-refractivity contribution < 1.29 is 13.2 Å². The van der Waals surface area contributed by atoms with Crippen LogP contribution >= 0.6 is 22.3 Å². The summed E-state index contributed by atoms with van der Waals surface area (Å²) < 4.78 is 23.3. The van der Waals surface area contributed by atoms with E-state index in [2.05, 4.69) is 0 Å². The second-order valence-electron chi connectivity index (χ2n) is 4.91. The minimum absolute atomic E-state index is 0.0562. The molecule has 0 bridgehead atoms. The summed E-state index contributed by atoms with van der Waals surface area (Å²) in [6.07, 6.45) is 0.924. The average Bonchev–Trinajstić information content (AvgIpc) is 2.42. The quantitative estimate of drug-likeness (QED) is 0.732. The monoisotopic (exact) mass is 351 g/mol. The summed E-state index contributed by atoms with van der Waals surface area (Å²) in [7, 11) is 1.37. The summed E-state index contributed by atoms with van der Waals surface area (Å²) in [6, 6.07) is 4.23. The van der Waals surface area contributed by atoms with Crippen LogP contribution in [0.15, 0.2) is 23.1 Å². The highest BCUT2D eigenvalue weighted by molar-refractivity contribution is 8.13. The molecular formula is C14H19Cl2NO3S. The van der Waals surface area contributed by atoms with Crippen LogP contribution in [0.2, 0.25) is 5.02 Å². The predicted molar refractivity (Wildman–Crippen MR) is 85.5 cm³/mol. The maximum absolute atomic E-state index is 12.6. The number of nitrogens with zero attached hydrogens (tertiary/aromatic N) is 1. The average molecular weight is 352 g/mol. The van der Waals surface area contributed by atoms with Gasteiger partial charge in [-0.1, -0.05) is 37.9 Å². The molecule has 0 aliphatic heterocycles. The molecule has 0 aromatic heterocycles. The van der Waals surface area contributed by atoms with Crippen molar-refractivity contribution in [3.8, 4) is 0 Å². The van der Waals surface area contributed by atoms with Crippen LogP contribution in [0.3, 0.4) is 0 Å². The Kier molecular flexibility index (Phi) is 6.50. The predicted octanol–water partition coefficient (Wildman–Crippen LogP) is 3.78. The second-order valence-corrected chi connectivity index (χ2v) is 7.85. The van der Waals surface area contributed by atoms with Crippen LogP contribution in [0, 0.1) is 5.92 Å². The summed E-state index contributed by atoms with van der Waals surface area (Å²) in [5.74, 6) is -0.102. The van der Waals surface area contributed by atoms with Crippen molar-refractivity contribution in [1.29, 1.82) is 0 Å². The lowest BCUT2D eigenvalue weighted by atomic mass is 10.1. The van der Waals surface area contributed by atoms with Gasteiger partial charge in [-0.05, 0) is 25.0 Å². The minimum atomic E-state index is -4.04. The number of rotatable bonds is 6. The Bertz CT molecular complexity index is 617. The molecule has 1 unspecified atom stereocenters. The first-order valence-corrected chi connectivity index (χ1v) is 9.43. The number of amides is 1. The Labute approximate surface area is 135 Å². The highest BCUT2D eigenvalue weighted by atomic mass is 35.7. The number of benzene rings is 1. The van der Waals surface area contributed by atoms with E-state index in [9.17, 15) is 13.2 Å². The number of hydrogen-bond acceptors (Lipinski definition) is 3. The molecule has 0 spiro atoms. The van der Waals surface area contributed by atoms with Gasteiger partial charge < -0.3 is 4.90 Å². The molecule has 0 saturated heterocycles. The molecule has 4 nitrogen and oxygen atoms in total. The molecule has 1 aromatic rings. The van der Waals surface area contributed by atoms with Crippen molar-refractivity contribution in [2.24, 2.45) is 5.92 Å². The molecule has 0 radical (unpaired) electrons. The molecule has 1 atom stereocenters. The highest BCUT2D eigenvalue weighted by Gasteiger charge is 2.26. The van der Waals surface area contributed by atoms with Crippen LogP contribution in [0.5, 0.6) is 0 Å². The summed E-state index contributed by atoms with van der Waals surface area (Å²) in [5, 5.41) is 0.0873. The lowest BCUT2D eigenvalue weighted by Gasteiger charge is -2.25. The maximum Gasteiger partial charge on any atom is 0.262 e. The smallest absolute Gasteiger partial charge is 0.262 e. The van der Waals surface area contributed by atoms with E-state index in [1.54, 1.807) is 4.90 Å². The number of halogens is 2. The first-order chi connectivity index (χ1) is 9.72. The molecular weight excluding hydrogens is 333 g/mol. The van der Waals surface area contributed by atoms with Crippen molar-refractivity contribution in [3.05, 3.63) is 28.8 Å². The van der Waals surface area contributed by atoms with E-state index in [0.717, 1.165) is 6.42 Å². The van der Waals surface area contributed by atoms with Gasteiger partial charge in [-0.3, -0.25) is 4.79 Å². The molecule has 0 N–H and O–H groups in total. The summed E-state index contributed by atoms with van der Waals surface area (Å²) >= 11 is 6.03. The molecule has 1 amide bonds. The maximum atomic E-state index is 12.6. The van der Waals surface area contributed by atoms with E-state index in [1.165, 1.54) is 18.2 Å². The van der Waals surface area contributed by atoms with Gasteiger partial charge in [-0.15, -0.1) is 0 Å². The number of hydrogen-bond donors (Lipinski definition) is 0. The Morgan fingerprint density at radius 2 is 1.95 bits per heavy atom. The molecule has 1 aromatic carbocycles. The van der Waals surface area contributed by atoms with Gasteiger partial charge in [-0.25, -0.2) is 8.42 Å². The third-order valence-corrected chi connectivity index (χ3v) is 5.03. The standard InChI is InChI=1S/C14H19Cl2NO3S/c1-4-10(3)9-17(5-2)14(18)13-11(15)7-6-8-12(13)21(16,19)20/h6-8,10H,4-5,9H2,1-3H3. The van der Waals surface area contributed by atoms with Gasteiger partial charge >= 0.3 is 0 Å². The van der Waals surface area contributed by atoms with E-state index in [0.29, 0.717) is 19.0 Å². The Morgan fingerprint density at radius 1 is 1.33 bits per heavy atom. The molecule has 21 heavy (non-hydrogen) atoms. The first kappa shape index (κ1) is 18.3. The fourth-order valence-electron chi connectivity index (χ4n) is 1.93. The van der Waals surface area contributed by atoms with Crippen molar-refractivity contribution in [2.75, 3.05) is 13.1 Å². The van der Waals surface area contributed by atoms with E-state index < -0.39 is 15.0 Å². The molecule has 1 rings (SSSR count). The molecule has 0 aliphatic carbocycles. The van der Waals surface area contributed by atoms with Crippen LogP contribution in [-0.2, 0) is 9.05 Å². The molecule has 0 fully saturated rings. The van der Waals surface area contributed by atoms with E-state index in [1.807, 2.05) is 20.8 Å².